The van der Waals surface area contributed by atoms with Crippen molar-refractivity contribution in [1.82, 2.24) is 0 Å². The minimum Gasteiger partial charge on any atom is -0.404 e. The van der Waals surface area contributed by atoms with Crippen molar-refractivity contribution in [1.29, 1.82) is 0 Å². The van der Waals surface area contributed by atoms with Gasteiger partial charge in [0.15, 0.2) is 0 Å². The van der Waals surface area contributed by atoms with Gasteiger partial charge in [0.25, 0.3) is 5.69 Å². The lowest BCUT2D eigenvalue weighted by atomic mass is 10.1. The highest BCUT2D eigenvalue weighted by atomic mass is 79.9. The summed E-state index contributed by atoms with van der Waals surface area (Å²) in [6.45, 7) is 0.129. The summed E-state index contributed by atoms with van der Waals surface area (Å²) in [5, 5.41) is 10.6. The van der Waals surface area contributed by atoms with Crippen LogP contribution in [0.25, 0.3) is 0 Å². The van der Waals surface area contributed by atoms with Gasteiger partial charge in [-0.1, -0.05) is 6.07 Å². The van der Waals surface area contributed by atoms with E-state index in [0.29, 0.717) is 12.0 Å². The topological polar surface area (TPSA) is 87.9 Å². The molecule has 1 aliphatic rings. The second-order valence-corrected chi connectivity index (χ2v) is 7.58. The summed E-state index contributed by atoms with van der Waals surface area (Å²) < 4.78 is 42.2. The summed E-state index contributed by atoms with van der Waals surface area (Å²) in [7, 11) is -3.90. The number of hydrogen-bond acceptors (Lipinski definition) is 6. The van der Waals surface area contributed by atoms with E-state index >= 15 is 0 Å². The van der Waals surface area contributed by atoms with Gasteiger partial charge in [-0.3, -0.25) is 19.2 Å². The van der Waals surface area contributed by atoms with Gasteiger partial charge in [0.05, 0.1) is 22.1 Å². The molecule has 0 amide bonds. The van der Waals surface area contributed by atoms with Crippen molar-refractivity contribution in [2.45, 2.75) is 12.5 Å². The van der Waals surface area contributed by atoms with E-state index < -0.39 is 24.7 Å². The van der Waals surface area contributed by atoms with E-state index in [4.69, 9.17) is 13.6 Å². The van der Waals surface area contributed by atoms with Crippen molar-refractivity contribution in [3.05, 3.63) is 68.4 Å². The summed E-state index contributed by atoms with van der Waals surface area (Å²) >= 11 is 3.10. The Morgan fingerprint density at radius 3 is 2.64 bits per heavy atom. The molecule has 0 saturated carbocycles. The molecule has 0 aromatic heterocycles. The molecule has 1 fully saturated rings. The highest BCUT2D eigenvalue weighted by Crippen LogP contribution is 2.56. The average molecular weight is 432 g/mol. The number of nitrogens with zero attached hydrogens (tertiary/aromatic N) is 1. The van der Waals surface area contributed by atoms with Crippen molar-refractivity contribution >= 4 is 29.4 Å². The van der Waals surface area contributed by atoms with Gasteiger partial charge < -0.3 is 4.52 Å². The number of non-ortho nitro benzene ring substituents is 1. The fourth-order valence-electron chi connectivity index (χ4n) is 2.26. The number of phosphoric acid groups is 1. The van der Waals surface area contributed by atoms with Gasteiger partial charge in [0.1, 0.15) is 11.6 Å². The van der Waals surface area contributed by atoms with Gasteiger partial charge >= 0.3 is 7.82 Å². The second kappa shape index (κ2) is 7.21. The van der Waals surface area contributed by atoms with E-state index in [2.05, 4.69) is 15.9 Å². The molecule has 2 atom stereocenters. The third-order valence-corrected chi connectivity index (χ3v) is 5.52. The maximum absolute atomic E-state index is 13.4. The van der Waals surface area contributed by atoms with Crippen molar-refractivity contribution in [2.24, 2.45) is 0 Å². The fourth-order valence-corrected chi connectivity index (χ4v) is 4.06. The van der Waals surface area contributed by atoms with E-state index in [-0.39, 0.29) is 22.5 Å². The molecule has 1 aliphatic heterocycles. The molecule has 1 heterocycles. The lowest BCUT2D eigenvalue weighted by Crippen LogP contribution is -2.16. The zero-order valence-corrected chi connectivity index (χ0v) is 15.1. The van der Waals surface area contributed by atoms with Crippen LogP contribution in [-0.4, -0.2) is 11.5 Å². The van der Waals surface area contributed by atoms with E-state index in [9.17, 15) is 19.1 Å². The van der Waals surface area contributed by atoms with E-state index in [1.54, 1.807) is 6.07 Å². The minimum absolute atomic E-state index is 0.120. The number of hydrogen-bond donors (Lipinski definition) is 0. The second-order valence-electron chi connectivity index (χ2n) is 5.18. The zero-order chi connectivity index (χ0) is 18.0. The van der Waals surface area contributed by atoms with Crippen LogP contribution in [-0.2, 0) is 13.6 Å². The summed E-state index contributed by atoms with van der Waals surface area (Å²) in [6, 6.07) is 9.42. The maximum Gasteiger partial charge on any atom is 0.530 e. The first-order chi connectivity index (χ1) is 11.9. The molecule has 0 aliphatic carbocycles. The molecular weight excluding hydrogens is 420 g/mol. The van der Waals surface area contributed by atoms with Crippen LogP contribution in [0.1, 0.15) is 18.1 Å². The molecule has 0 spiro atoms. The quantitative estimate of drug-likeness (QED) is 0.377. The largest absolute Gasteiger partial charge is 0.530 e. The summed E-state index contributed by atoms with van der Waals surface area (Å²) in [6.07, 6.45) is -0.166. The molecule has 0 radical (unpaired) electrons. The number of phosphoric ester groups is 1. The van der Waals surface area contributed by atoms with Crippen molar-refractivity contribution < 1.29 is 27.5 Å². The average Bonchev–Trinajstić information content (AvgIpc) is 2.57. The normalized spacial score (nSPS) is 23.2. The van der Waals surface area contributed by atoms with E-state index in [0.717, 1.165) is 0 Å². The van der Waals surface area contributed by atoms with Crippen LogP contribution in [0.5, 0.6) is 5.75 Å². The number of nitro benzene ring substituents is 1. The molecule has 7 nitrogen and oxygen atoms in total. The first-order valence-electron chi connectivity index (χ1n) is 7.18. The maximum atomic E-state index is 13.4. The Hall–Kier alpha value is -1.80. The van der Waals surface area contributed by atoms with Crippen LogP contribution in [0, 0.1) is 15.9 Å². The third kappa shape index (κ3) is 4.24. The van der Waals surface area contributed by atoms with Gasteiger partial charge in [0, 0.05) is 18.6 Å². The SMILES string of the molecule is O=[N+]([O-])c1ccc(OP2(=O)OCCC(c3ccc(F)c(Br)c3)O2)cc1. The first-order valence-corrected chi connectivity index (χ1v) is 9.44. The standard InChI is InChI=1S/C15H12BrFNO6P/c16-13-9-10(1-6-14(13)17)15-7-8-22-25(21,24-15)23-12-4-2-11(3-5-12)18(19)20/h1-6,9,15H,7-8H2. The van der Waals surface area contributed by atoms with Gasteiger partial charge in [-0.05, 0) is 45.8 Å². The van der Waals surface area contributed by atoms with Crippen molar-refractivity contribution in [2.75, 3.05) is 6.61 Å². The molecule has 2 aromatic carbocycles. The van der Waals surface area contributed by atoms with Crippen molar-refractivity contribution in [3.8, 4) is 5.75 Å². The molecule has 132 valence electrons. The molecule has 10 heteroatoms. The number of halogens is 2. The monoisotopic (exact) mass is 431 g/mol. The summed E-state index contributed by atoms with van der Waals surface area (Å²) in [5.74, 6) is -0.295. The van der Waals surface area contributed by atoms with Gasteiger partial charge in [0.2, 0.25) is 0 Å². The molecule has 3 rings (SSSR count). The number of benzene rings is 2. The van der Waals surface area contributed by atoms with Crippen LogP contribution in [0.15, 0.2) is 46.9 Å². The number of nitro groups is 1. The third-order valence-electron chi connectivity index (χ3n) is 3.47. The van der Waals surface area contributed by atoms with Gasteiger partial charge in [-0.2, -0.15) is 0 Å². The van der Waals surface area contributed by atoms with E-state index in [1.807, 2.05) is 0 Å². The Balaban J connectivity index is 1.75. The lowest BCUT2D eigenvalue weighted by molar-refractivity contribution is -0.384. The fraction of sp³-hybridized carbons (Fsp3) is 0.200. The predicted molar refractivity (Wildman–Crippen MR) is 89.8 cm³/mol. The molecule has 2 aromatic rings. The Kier molecular flexibility index (Phi) is 5.19. The molecule has 25 heavy (non-hydrogen) atoms. The minimum atomic E-state index is -3.90. The summed E-state index contributed by atoms with van der Waals surface area (Å²) in [5.41, 5.74) is 0.509. The Labute approximate surface area is 150 Å². The van der Waals surface area contributed by atoms with Crippen LogP contribution in [0.2, 0.25) is 0 Å². The van der Waals surface area contributed by atoms with Gasteiger partial charge in [-0.15, -0.1) is 0 Å². The highest BCUT2D eigenvalue weighted by Gasteiger charge is 2.37. The zero-order valence-electron chi connectivity index (χ0n) is 12.6. The first kappa shape index (κ1) is 18.0. The Morgan fingerprint density at radius 2 is 2.00 bits per heavy atom. The predicted octanol–water partition coefficient (Wildman–Crippen LogP) is 5.16. The van der Waals surface area contributed by atoms with E-state index in [1.165, 1.54) is 36.4 Å². The lowest BCUT2D eigenvalue weighted by Gasteiger charge is -2.29. The number of rotatable bonds is 4. The summed E-state index contributed by atoms with van der Waals surface area (Å²) in [4.78, 5) is 10.1. The Morgan fingerprint density at radius 1 is 1.28 bits per heavy atom. The smallest absolute Gasteiger partial charge is 0.404 e. The molecule has 0 bridgehead atoms. The molecular formula is C15H12BrFNO6P. The van der Waals surface area contributed by atoms with Crippen LogP contribution in [0.4, 0.5) is 10.1 Å². The highest BCUT2D eigenvalue weighted by molar-refractivity contribution is 9.10. The Bertz CT molecular complexity index is 846. The molecule has 1 saturated heterocycles. The molecule has 2 unspecified atom stereocenters. The van der Waals surface area contributed by atoms with Crippen molar-refractivity contribution in [3.63, 3.8) is 0 Å². The van der Waals surface area contributed by atoms with Crippen LogP contribution >= 0.6 is 23.8 Å². The van der Waals surface area contributed by atoms with Crippen LogP contribution < -0.4 is 4.52 Å². The van der Waals surface area contributed by atoms with Gasteiger partial charge in [-0.25, -0.2) is 8.96 Å². The molecule has 0 N–H and O–H groups in total. The van der Waals surface area contributed by atoms with Crippen LogP contribution in [0.3, 0.4) is 0 Å².